The predicted molar refractivity (Wildman–Crippen MR) is 76.1 cm³/mol. The van der Waals surface area contributed by atoms with Crippen molar-refractivity contribution in [1.82, 2.24) is 4.72 Å². The van der Waals surface area contributed by atoms with E-state index in [1.165, 1.54) is 12.8 Å². The van der Waals surface area contributed by atoms with E-state index < -0.39 is 10.0 Å². The highest BCUT2D eigenvalue weighted by Gasteiger charge is 2.21. The van der Waals surface area contributed by atoms with Gasteiger partial charge >= 0.3 is 0 Å². The summed E-state index contributed by atoms with van der Waals surface area (Å²) in [4.78, 5) is 0.319. The lowest BCUT2D eigenvalue weighted by molar-refractivity contribution is 0.510. The molecule has 0 aromatic heterocycles. The van der Waals surface area contributed by atoms with Crippen molar-refractivity contribution in [3.63, 3.8) is 0 Å². The van der Waals surface area contributed by atoms with E-state index in [-0.39, 0.29) is 6.04 Å². The fourth-order valence-corrected chi connectivity index (χ4v) is 3.90. The first-order valence-electron chi connectivity index (χ1n) is 6.93. The Morgan fingerprint density at radius 1 is 1.16 bits per heavy atom. The lowest BCUT2D eigenvalue weighted by Gasteiger charge is -2.16. The van der Waals surface area contributed by atoms with Gasteiger partial charge in [0.2, 0.25) is 10.0 Å². The average Bonchev–Trinajstić information content (AvgIpc) is 2.67. The molecule has 1 aromatic rings. The number of sulfonamides is 1. The molecule has 3 N–H and O–H groups in total. The summed E-state index contributed by atoms with van der Waals surface area (Å²) in [6.45, 7) is 0.354. The van der Waals surface area contributed by atoms with Gasteiger partial charge in [0, 0.05) is 12.6 Å². The molecular formula is C14H22N2O2S. The maximum Gasteiger partial charge on any atom is 0.240 e. The third-order valence-corrected chi connectivity index (χ3v) is 5.14. The van der Waals surface area contributed by atoms with Gasteiger partial charge in [-0.1, -0.05) is 37.8 Å². The highest BCUT2D eigenvalue weighted by atomic mass is 32.2. The van der Waals surface area contributed by atoms with Crippen LogP contribution in [0.4, 0.5) is 0 Å². The van der Waals surface area contributed by atoms with E-state index in [0.717, 1.165) is 31.2 Å². The van der Waals surface area contributed by atoms with Gasteiger partial charge in [0.1, 0.15) is 0 Å². The van der Waals surface area contributed by atoms with Gasteiger partial charge < -0.3 is 5.73 Å². The molecule has 0 bridgehead atoms. The first-order valence-corrected chi connectivity index (χ1v) is 8.41. The quantitative estimate of drug-likeness (QED) is 0.831. The number of hydrogen-bond donors (Lipinski definition) is 2. The Bertz CT molecular complexity index is 506. The lowest BCUT2D eigenvalue weighted by atomic mass is 10.1. The van der Waals surface area contributed by atoms with Crippen molar-refractivity contribution in [2.24, 2.45) is 5.73 Å². The zero-order chi connectivity index (χ0) is 13.7. The summed E-state index contributed by atoms with van der Waals surface area (Å²) >= 11 is 0. The molecule has 1 aromatic carbocycles. The summed E-state index contributed by atoms with van der Waals surface area (Å²) < 4.78 is 27.5. The normalized spacial score (nSPS) is 18.2. The summed E-state index contributed by atoms with van der Waals surface area (Å²) in [6, 6.07) is 6.93. The van der Waals surface area contributed by atoms with Gasteiger partial charge in [-0.15, -0.1) is 0 Å². The molecule has 1 aliphatic rings. The number of nitrogens with two attached hydrogens (primary N) is 1. The molecule has 0 spiro atoms. The molecule has 0 atom stereocenters. The van der Waals surface area contributed by atoms with Gasteiger partial charge in [-0.2, -0.15) is 0 Å². The largest absolute Gasteiger partial charge is 0.326 e. The first kappa shape index (κ1) is 14.5. The number of rotatable bonds is 4. The van der Waals surface area contributed by atoms with E-state index in [4.69, 9.17) is 5.73 Å². The minimum atomic E-state index is -3.41. The second kappa shape index (κ2) is 6.50. The summed E-state index contributed by atoms with van der Waals surface area (Å²) in [7, 11) is -3.41. The zero-order valence-electron chi connectivity index (χ0n) is 11.1. The summed E-state index contributed by atoms with van der Waals surface area (Å²) in [5, 5.41) is 0. The Morgan fingerprint density at radius 3 is 2.47 bits per heavy atom. The van der Waals surface area contributed by atoms with Gasteiger partial charge in [-0.25, -0.2) is 13.1 Å². The number of nitrogens with one attached hydrogen (secondary N) is 1. The van der Waals surface area contributed by atoms with Gasteiger partial charge in [-0.05, 0) is 30.5 Å². The first-order chi connectivity index (χ1) is 9.12. The van der Waals surface area contributed by atoms with Crippen LogP contribution in [0.2, 0.25) is 0 Å². The van der Waals surface area contributed by atoms with Crippen molar-refractivity contribution < 1.29 is 8.42 Å². The summed E-state index contributed by atoms with van der Waals surface area (Å²) in [5.74, 6) is 0. The van der Waals surface area contributed by atoms with Crippen molar-refractivity contribution in [2.45, 2.75) is 56.0 Å². The van der Waals surface area contributed by atoms with Crippen LogP contribution in [-0.2, 0) is 16.6 Å². The van der Waals surface area contributed by atoms with E-state index in [2.05, 4.69) is 4.72 Å². The Morgan fingerprint density at radius 2 is 1.84 bits per heavy atom. The van der Waals surface area contributed by atoms with Gasteiger partial charge in [0.25, 0.3) is 0 Å². The van der Waals surface area contributed by atoms with Crippen molar-refractivity contribution >= 4 is 10.0 Å². The predicted octanol–water partition coefficient (Wildman–Crippen LogP) is 2.15. The standard InChI is InChI=1S/C14H22N2O2S/c15-11-12-6-5-9-14(10-12)19(17,18)16-13-7-3-1-2-4-8-13/h5-6,9-10,13,16H,1-4,7-8,11,15H2. The maximum atomic E-state index is 12.3. The Kier molecular flexibility index (Phi) is 4.96. The third-order valence-electron chi connectivity index (χ3n) is 3.62. The zero-order valence-corrected chi connectivity index (χ0v) is 12.0. The van der Waals surface area contributed by atoms with Gasteiger partial charge in [-0.3, -0.25) is 0 Å². The van der Waals surface area contributed by atoms with Crippen LogP contribution in [0.25, 0.3) is 0 Å². The minimum absolute atomic E-state index is 0.0778. The van der Waals surface area contributed by atoms with Crippen molar-refractivity contribution in [3.8, 4) is 0 Å². The molecule has 106 valence electrons. The van der Waals surface area contributed by atoms with Gasteiger partial charge in [0.05, 0.1) is 4.90 Å². The fraction of sp³-hybridized carbons (Fsp3) is 0.571. The van der Waals surface area contributed by atoms with Crippen LogP contribution < -0.4 is 10.5 Å². The summed E-state index contributed by atoms with van der Waals surface area (Å²) in [5.41, 5.74) is 6.39. The summed E-state index contributed by atoms with van der Waals surface area (Å²) in [6.07, 6.45) is 6.51. The van der Waals surface area contributed by atoms with Gasteiger partial charge in [0.15, 0.2) is 0 Å². The van der Waals surface area contributed by atoms with Crippen LogP contribution in [0.3, 0.4) is 0 Å². The molecule has 0 aliphatic heterocycles. The minimum Gasteiger partial charge on any atom is -0.326 e. The molecule has 0 radical (unpaired) electrons. The second-order valence-corrected chi connectivity index (χ2v) is 6.88. The molecular weight excluding hydrogens is 260 g/mol. The molecule has 0 saturated heterocycles. The highest BCUT2D eigenvalue weighted by molar-refractivity contribution is 7.89. The monoisotopic (exact) mass is 282 g/mol. The number of benzene rings is 1. The van der Waals surface area contributed by atoms with Crippen molar-refractivity contribution in [3.05, 3.63) is 29.8 Å². The Hall–Kier alpha value is -0.910. The van der Waals surface area contributed by atoms with Crippen LogP contribution in [-0.4, -0.2) is 14.5 Å². The molecule has 4 nitrogen and oxygen atoms in total. The van der Waals surface area contributed by atoms with Crippen LogP contribution in [0.15, 0.2) is 29.2 Å². The Balaban J connectivity index is 2.12. The molecule has 0 unspecified atom stereocenters. The van der Waals surface area contributed by atoms with E-state index in [9.17, 15) is 8.42 Å². The fourth-order valence-electron chi connectivity index (χ4n) is 2.52. The molecule has 19 heavy (non-hydrogen) atoms. The SMILES string of the molecule is NCc1cccc(S(=O)(=O)NC2CCCCCC2)c1. The van der Waals surface area contributed by atoms with Crippen LogP contribution in [0.1, 0.15) is 44.1 Å². The topological polar surface area (TPSA) is 72.2 Å². The molecule has 1 aliphatic carbocycles. The Labute approximate surface area is 115 Å². The molecule has 0 amide bonds. The number of hydrogen-bond acceptors (Lipinski definition) is 3. The lowest BCUT2D eigenvalue weighted by Crippen LogP contribution is -2.34. The van der Waals surface area contributed by atoms with Crippen LogP contribution >= 0.6 is 0 Å². The van der Waals surface area contributed by atoms with E-state index in [1.807, 2.05) is 6.07 Å². The van der Waals surface area contributed by atoms with E-state index in [1.54, 1.807) is 18.2 Å². The maximum absolute atomic E-state index is 12.3. The molecule has 0 heterocycles. The van der Waals surface area contributed by atoms with Crippen molar-refractivity contribution in [2.75, 3.05) is 0 Å². The van der Waals surface area contributed by atoms with E-state index >= 15 is 0 Å². The van der Waals surface area contributed by atoms with Crippen LogP contribution in [0, 0.1) is 0 Å². The molecule has 5 heteroatoms. The van der Waals surface area contributed by atoms with E-state index in [0.29, 0.717) is 11.4 Å². The molecule has 1 saturated carbocycles. The smallest absolute Gasteiger partial charge is 0.240 e. The average molecular weight is 282 g/mol. The van der Waals surface area contributed by atoms with Crippen LogP contribution in [0.5, 0.6) is 0 Å². The third kappa shape index (κ3) is 4.03. The molecule has 2 rings (SSSR count). The van der Waals surface area contributed by atoms with Crippen molar-refractivity contribution in [1.29, 1.82) is 0 Å². The molecule has 1 fully saturated rings. The highest BCUT2D eigenvalue weighted by Crippen LogP contribution is 2.20. The second-order valence-electron chi connectivity index (χ2n) is 5.16.